The van der Waals surface area contributed by atoms with Gasteiger partial charge < -0.3 is 10.3 Å². The summed E-state index contributed by atoms with van der Waals surface area (Å²) in [7, 11) is -3.84. The minimum absolute atomic E-state index is 0.0655. The number of nitrogens with two attached hydrogens (primary N) is 1. The number of anilines is 1. The smallest absolute Gasteiger partial charge is 0.238 e. The number of aromatic amines is 1. The molecule has 1 amide bonds. The number of hydrogen-bond donors (Lipinski definition) is 3. The zero-order valence-electron chi connectivity index (χ0n) is 13.8. The van der Waals surface area contributed by atoms with E-state index in [9.17, 15) is 17.6 Å². The molecule has 3 rings (SSSR count). The Morgan fingerprint density at radius 2 is 1.96 bits per heavy atom. The largest absolute Gasteiger partial charge is 0.333 e. The van der Waals surface area contributed by atoms with E-state index in [1.807, 2.05) is 0 Å². The normalized spacial score (nSPS) is 11.3. The summed E-state index contributed by atoms with van der Waals surface area (Å²) in [6.45, 7) is 0. The molecule has 27 heavy (non-hydrogen) atoms. The van der Waals surface area contributed by atoms with Gasteiger partial charge in [-0.15, -0.1) is 0 Å². The van der Waals surface area contributed by atoms with Gasteiger partial charge in [-0.2, -0.15) is 0 Å². The third-order valence-corrected chi connectivity index (χ3v) is 5.29. The Morgan fingerprint density at radius 3 is 2.67 bits per heavy atom. The Hall–Kier alpha value is -2.69. The van der Waals surface area contributed by atoms with Gasteiger partial charge in [-0.05, 0) is 48.0 Å². The molecule has 2 aromatic carbocycles. The summed E-state index contributed by atoms with van der Waals surface area (Å²) < 4.78 is 35.7. The van der Waals surface area contributed by atoms with E-state index >= 15 is 0 Å². The second kappa shape index (κ2) is 7.91. The predicted octanol–water partition coefficient (Wildman–Crippen LogP) is 2.59. The van der Waals surface area contributed by atoms with Crippen molar-refractivity contribution < 1.29 is 17.6 Å². The highest BCUT2D eigenvalue weighted by molar-refractivity contribution is 7.99. The molecule has 0 spiro atoms. The maximum absolute atomic E-state index is 13.0. The minimum Gasteiger partial charge on any atom is -0.333 e. The highest BCUT2D eigenvalue weighted by Gasteiger charge is 2.11. The second-order valence-electron chi connectivity index (χ2n) is 5.52. The van der Waals surface area contributed by atoms with Crippen molar-refractivity contribution >= 4 is 33.4 Å². The molecule has 0 atom stereocenters. The summed E-state index contributed by atoms with van der Waals surface area (Å²) in [6.07, 6.45) is 1.60. The van der Waals surface area contributed by atoms with Gasteiger partial charge in [0.25, 0.3) is 0 Å². The van der Waals surface area contributed by atoms with E-state index in [4.69, 9.17) is 5.14 Å². The molecule has 0 bridgehead atoms. The molecule has 0 aliphatic carbocycles. The average molecular weight is 406 g/mol. The van der Waals surface area contributed by atoms with Gasteiger partial charge in [0.1, 0.15) is 5.82 Å². The van der Waals surface area contributed by atoms with Gasteiger partial charge in [0, 0.05) is 5.69 Å². The van der Waals surface area contributed by atoms with E-state index in [-0.39, 0.29) is 22.4 Å². The molecule has 0 unspecified atom stereocenters. The number of carbonyl (C=O) groups excluding carboxylic acids is 1. The van der Waals surface area contributed by atoms with Crippen molar-refractivity contribution in [2.45, 2.75) is 10.1 Å². The fourth-order valence-corrected chi connectivity index (χ4v) is 3.44. The van der Waals surface area contributed by atoms with Gasteiger partial charge >= 0.3 is 0 Å². The Bertz CT molecular complexity index is 1070. The van der Waals surface area contributed by atoms with Gasteiger partial charge in [0.15, 0.2) is 5.16 Å². The number of nitrogens with one attached hydrogen (secondary N) is 2. The summed E-state index contributed by atoms with van der Waals surface area (Å²) in [5, 5.41) is 8.21. The Balaban J connectivity index is 1.59. The first-order valence-electron chi connectivity index (χ1n) is 7.68. The number of hydrogen-bond acceptors (Lipinski definition) is 5. The summed E-state index contributed by atoms with van der Waals surface area (Å²) in [6, 6.07) is 11.7. The SMILES string of the molecule is NS(=O)(=O)c1cccc(NC(=O)CSc2ncc(-c3ccc(F)cc3)[nH]2)c1. The predicted molar refractivity (Wildman–Crippen MR) is 101 cm³/mol. The van der Waals surface area contributed by atoms with Gasteiger partial charge in [0.05, 0.1) is 22.5 Å². The van der Waals surface area contributed by atoms with Crippen LogP contribution in [-0.4, -0.2) is 30.0 Å². The van der Waals surface area contributed by atoms with Crippen molar-refractivity contribution in [1.82, 2.24) is 9.97 Å². The molecule has 0 saturated heterocycles. The summed E-state index contributed by atoms with van der Waals surface area (Å²) >= 11 is 1.18. The summed E-state index contributed by atoms with van der Waals surface area (Å²) in [5.41, 5.74) is 1.82. The summed E-state index contributed by atoms with van der Waals surface area (Å²) in [4.78, 5) is 19.2. The van der Waals surface area contributed by atoms with E-state index < -0.39 is 10.0 Å². The van der Waals surface area contributed by atoms with Crippen LogP contribution in [0.5, 0.6) is 0 Å². The third kappa shape index (κ3) is 5.16. The highest BCUT2D eigenvalue weighted by atomic mass is 32.2. The maximum Gasteiger partial charge on any atom is 0.238 e. The van der Waals surface area contributed by atoms with Crippen LogP contribution >= 0.6 is 11.8 Å². The van der Waals surface area contributed by atoms with E-state index in [0.717, 1.165) is 5.56 Å². The Kier molecular flexibility index (Phi) is 5.59. The standard InChI is InChI=1S/C17H15FN4O3S2/c18-12-6-4-11(5-7-12)15-9-20-17(22-15)26-10-16(23)21-13-2-1-3-14(8-13)27(19,24)25/h1-9H,10H2,(H,20,22)(H,21,23)(H2,19,24,25). The Morgan fingerprint density at radius 1 is 1.22 bits per heavy atom. The van der Waals surface area contributed by atoms with Crippen molar-refractivity contribution in [3.8, 4) is 11.3 Å². The van der Waals surface area contributed by atoms with Gasteiger partial charge in [-0.1, -0.05) is 17.8 Å². The van der Waals surface area contributed by atoms with Crippen molar-refractivity contribution in [1.29, 1.82) is 0 Å². The Labute approximate surface area is 159 Å². The van der Waals surface area contributed by atoms with Crippen LogP contribution in [0.3, 0.4) is 0 Å². The van der Waals surface area contributed by atoms with E-state index in [0.29, 0.717) is 16.5 Å². The molecule has 0 aliphatic rings. The molecule has 1 heterocycles. The van der Waals surface area contributed by atoms with Gasteiger partial charge in [-0.25, -0.2) is 22.9 Å². The molecule has 7 nitrogen and oxygen atoms in total. The molecule has 4 N–H and O–H groups in total. The van der Waals surface area contributed by atoms with Crippen molar-refractivity contribution in [2.24, 2.45) is 5.14 Å². The number of aromatic nitrogens is 2. The topological polar surface area (TPSA) is 118 Å². The van der Waals surface area contributed by atoms with Crippen molar-refractivity contribution in [3.05, 3.63) is 60.5 Å². The number of amides is 1. The first kappa shape index (κ1) is 19.1. The number of rotatable bonds is 6. The number of primary sulfonamides is 1. The van der Waals surface area contributed by atoms with Crippen LogP contribution in [0.4, 0.5) is 10.1 Å². The number of nitrogens with zero attached hydrogens (tertiary/aromatic N) is 1. The van der Waals surface area contributed by atoms with Crippen LogP contribution in [0, 0.1) is 5.82 Å². The van der Waals surface area contributed by atoms with E-state index in [2.05, 4.69) is 15.3 Å². The van der Waals surface area contributed by atoms with Gasteiger partial charge in [0.2, 0.25) is 15.9 Å². The molecule has 3 aromatic rings. The van der Waals surface area contributed by atoms with Crippen molar-refractivity contribution in [2.75, 3.05) is 11.1 Å². The van der Waals surface area contributed by atoms with Crippen LogP contribution in [-0.2, 0) is 14.8 Å². The second-order valence-corrected chi connectivity index (χ2v) is 8.04. The molecular weight excluding hydrogens is 391 g/mol. The number of halogens is 1. The zero-order valence-corrected chi connectivity index (χ0v) is 15.5. The van der Waals surface area contributed by atoms with Crippen LogP contribution in [0.15, 0.2) is 64.8 Å². The lowest BCUT2D eigenvalue weighted by Crippen LogP contribution is -2.16. The number of thioether (sulfide) groups is 1. The first-order valence-corrected chi connectivity index (χ1v) is 10.2. The van der Waals surface area contributed by atoms with Crippen LogP contribution in [0.1, 0.15) is 0 Å². The number of carbonyl (C=O) groups is 1. The molecule has 0 saturated carbocycles. The highest BCUT2D eigenvalue weighted by Crippen LogP contribution is 2.22. The fourth-order valence-electron chi connectivity index (χ4n) is 2.23. The zero-order chi connectivity index (χ0) is 19.4. The lowest BCUT2D eigenvalue weighted by atomic mass is 10.2. The number of sulfonamides is 1. The lowest BCUT2D eigenvalue weighted by molar-refractivity contribution is -0.113. The lowest BCUT2D eigenvalue weighted by Gasteiger charge is -2.06. The van der Waals surface area contributed by atoms with Crippen LogP contribution in [0.25, 0.3) is 11.3 Å². The molecule has 140 valence electrons. The van der Waals surface area contributed by atoms with E-state index in [1.165, 1.54) is 42.1 Å². The molecule has 0 aliphatic heterocycles. The van der Waals surface area contributed by atoms with Crippen molar-refractivity contribution in [3.63, 3.8) is 0 Å². The summed E-state index contributed by atoms with van der Waals surface area (Å²) in [5.74, 6) is -0.585. The van der Waals surface area contributed by atoms with Crippen LogP contribution in [0.2, 0.25) is 0 Å². The number of benzene rings is 2. The quantitative estimate of drug-likeness (QED) is 0.544. The molecule has 0 fully saturated rings. The minimum atomic E-state index is -3.84. The first-order chi connectivity index (χ1) is 12.8. The fraction of sp³-hybridized carbons (Fsp3) is 0.0588. The van der Waals surface area contributed by atoms with Gasteiger partial charge in [-0.3, -0.25) is 4.79 Å². The monoisotopic (exact) mass is 406 g/mol. The molecule has 10 heteroatoms. The molecule has 1 aromatic heterocycles. The molecule has 0 radical (unpaired) electrons. The average Bonchev–Trinajstić information content (AvgIpc) is 3.09. The molecular formula is C17H15FN4O3S2. The number of H-pyrrole nitrogens is 1. The number of imidazole rings is 1. The van der Waals surface area contributed by atoms with Crippen LogP contribution < -0.4 is 10.5 Å². The third-order valence-electron chi connectivity index (χ3n) is 3.49. The van der Waals surface area contributed by atoms with E-state index in [1.54, 1.807) is 24.4 Å². The maximum atomic E-state index is 13.0.